The van der Waals surface area contributed by atoms with Crippen LogP contribution in [0.15, 0.2) is 84.4 Å². The molecule has 0 fully saturated rings. The topological polar surface area (TPSA) is 42.3 Å². The first-order chi connectivity index (χ1) is 27.9. The van der Waals surface area contributed by atoms with Crippen LogP contribution in [0.2, 0.25) is 0 Å². The van der Waals surface area contributed by atoms with Crippen molar-refractivity contribution in [3.63, 3.8) is 0 Å². The van der Waals surface area contributed by atoms with Gasteiger partial charge in [-0.25, -0.2) is 8.78 Å². The van der Waals surface area contributed by atoms with Crippen molar-refractivity contribution in [1.29, 1.82) is 0 Å². The van der Waals surface area contributed by atoms with Crippen LogP contribution in [-0.2, 0) is 23.2 Å². The predicted octanol–water partition coefficient (Wildman–Crippen LogP) is 15.3. The molecule has 1 amide bonds. The molecule has 1 unspecified atom stereocenters. The number of pyridine rings is 1. The molecular formula is C49H66F2N2O2S3. The zero-order valence-corrected chi connectivity index (χ0v) is 38.3. The molecule has 0 N–H and O–H groups in total. The van der Waals surface area contributed by atoms with E-state index in [0.717, 1.165) is 80.6 Å². The first kappa shape index (κ1) is 47.4. The van der Waals surface area contributed by atoms with Crippen LogP contribution in [0.25, 0.3) is 16.1 Å². The fourth-order valence-electron chi connectivity index (χ4n) is 7.11. The van der Waals surface area contributed by atoms with Crippen LogP contribution in [0, 0.1) is 0 Å². The molecule has 1 aliphatic heterocycles. The lowest BCUT2D eigenvalue weighted by Gasteiger charge is -2.24. The number of anilines is 1. The Balaban J connectivity index is 1.52. The summed E-state index contributed by atoms with van der Waals surface area (Å²) >= 11 is 4.74. The zero-order chi connectivity index (χ0) is 42.1. The van der Waals surface area contributed by atoms with E-state index in [0.29, 0.717) is 48.9 Å². The highest BCUT2D eigenvalue weighted by atomic mass is 32.2. The summed E-state index contributed by atoms with van der Waals surface area (Å²) in [6.07, 6.45) is 24.5. The monoisotopic (exact) mass is 848 g/mol. The van der Waals surface area contributed by atoms with Crippen LogP contribution >= 0.6 is 34.4 Å². The second-order valence-corrected chi connectivity index (χ2v) is 19.8. The summed E-state index contributed by atoms with van der Waals surface area (Å²) in [5.74, 6) is -0.148. The Hall–Kier alpha value is -3.27. The summed E-state index contributed by atoms with van der Waals surface area (Å²) in [6.45, 7) is 18.5. The van der Waals surface area contributed by atoms with E-state index in [-0.39, 0.29) is 22.1 Å². The number of halogens is 2. The minimum absolute atomic E-state index is 0.0356. The molecule has 0 aromatic carbocycles. The van der Waals surface area contributed by atoms with Crippen LogP contribution in [0.5, 0.6) is 0 Å². The second-order valence-electron chi connectivity index (χ2n) is 16.4. The fraction of sp³-hybridized carbons (Fsp3) is 0.510. The number of carbonyl (C=O) groups is 1. The van der Waals surface area contributed by atoms with Crippen LogP contribution in [0.4, 0.5) is 14.5 Å². The van der Waals surface area contributed by atoms with Gasteiger partial charge in [-0.05, 0) is 66.5 Å². The summed E-state index contributed by atoms with van der Waals surface area (Å²) < 4.78 is 30.3. The predicted molar refractivity (Wildman–Crippen MR) is 252 cm³/mol. The number of amides is 1. The van der Waals surface area contributed by atoms with Gasteiger partial charge in [0.2, 0.25) is 0 Å². The summed E-state index contributed by atoms with van der Waals surface area (Å²) in [4.78, 5) is 34.2. The van der Waals surface area contributed by atoms with Crippen LogP contribution < -0.4 is 10.5 Å². The van der Waals surface area contributed by atoms with Gasteiger partial charge in [-0.15, -0.1) is 34.4 Å². The second kappa shape index (κ2) is 24.1. The highest BCUT2D eigenvalue weighted by molar-refractivity contribution is 8.09. The number of rotatable bonds is 24. The van der Waals surface area contributed by atoms with E-state index in [2.05, 4.69) is 60.3 Å². The first-order valence-electron chi connectivity index (χ1n) is 21.6. The highest BCUT2D eigenvalue weighted by Crippen LogP contribution is 2.47. The highest BCUT2D eigenvalue weighted by Gasteiger charge is 2.28. The Morgan fingerprint density at radius 3 is 2.19 bits per heavy atom. The molecule has 0 radical (unpaired) electrons. The molecule has 0 bridgehead atoms. The lowest BCUT2D eigenvalue weighted by atomic mass is 9.95. The quantitative estimate of drug-likeness (QED) is 0.0512. The summed E-state index contributed by atoms with van der Waals surface area (Å²) in [5, 5.41) is -0.157. The lowest BCUT2D eigenvalue weighted by molar-refractivity contribution is -0.113. The van der Waals surface area contributed by atoms with Gasteiger partial charge in [-0.1, -0.05) is 137 Å². The molecule has 4 heterocycles. The van der Waals surface area contributed by atoms with Gasteiger partial charge in [0.25, 0.3) is 11.5 Å². The van der Waals surface area contributed by atoms with Crippen LogP contribution in [0.1, 0.15) is 157 Å². The molecule has 0 aliphatic carbocycles. The summed E-state index contributed by atoms with van der Waals surface area (Å²) in [7, 11) is 0. The normalized spacial score (nSPS) is 15.1. The molecule has 3 aromatic heterocycles. The van der Waals surface area contributed by atoms with Crippen molar-refractivity contribution in [1.82, 2.24) is 4.57 Å². The number of carbonyl (C=O) groups excluding carboxylic acids is 1. The lowest BCUT2D eigenvalue weighted by Crippen LogP contribution is -2.33. The SMILES string of the molecule is C=C(C(=O)N(CCCCCCCC)c1ccc(=O)n(CCCCCCCC)c1)c1cc(CCC)c(C2=CCC(C(/C=C\C(=C\F)c3ccc(C(C)(C)C)s3)=C\F)S2)s1. The van der Waals surface area contributed by atoms with Gasteiger partial charge < -0.3 is 9.47 Å². The molecular weight excluding hydrogens is 783 g/mol. The molecule has 3 aromatic rings. The molecule has 9 heteroatoms. The molecule has 4 rings (SSSR count). The van der Waals surface area contributed by atoms with E-state index < -0.39 is 0 Å². The Labute approximate surface area is 359 Å². The van der Waals surface area contributed by atoms with E-state index >= 15 is 0 Å². The van der Waals surface area contributed by atoms with Gasteiger partial charge in [-0.3, -0.25) is 9.59 Å². The number of aromatic nitrogens is 1. The van der Waals surface area contributed by atoms with Gasteiger partial charge in [0.05, 0.1) is 18.3 Å². The van der Waals surface area contributed by atoms with Crippen molar-refractivity contribution in [3.05, 3.63) is 115 Å². The van der Waals surface area contributed by atoms with Gasteiger partial charge in [0.1, 0.15) is 0 Å². The maximum atomic E-state index is 14.5. The zero-order valence-electron chi connectivity index (χ0n) is 35.8. The van der Waals surface area contributed by atoms with Crippen molar-refractivity contribution >= 4 is 62.1 Å². The van der Waals surface area contributed by atoms with E-state index in [1.165, 1.54) is 44.9 Å². The van der Waals surface area contributed by atoms with Crippen molar-refractivity contribution in [3.8, 4) is 0 Å². The third-order valence-electron chi connectivity index (χ3n) is 10.6. The smallest absolute Gasteiger partial charge is 0.259 e. The summed E-state index contributed by atoms with van der Waals surface area (Å²) in [6, 6.07) is 9.44. The largest absolute Gasteiger partial charge is 0.313 e. The summed E-state index contributed by atoms with van der Waals surface area (Å²) in [5.41, 5.74) is 3.16. The molecule has 0 saturated carbocycles. The molecule has 0 saturated heterocycles. The Bertz CT molecular complexity index is 1970. The molecule has 4 nitrogen and oxygen atoms in total. The molecule has 58 heavy (non-hydrogen) atoms. The van der Waals surface area contributed by atoms with Gasteiger partial charge in [0, 0.05) is 66.2 Å². The molecule has 1 atom stereocenters. The van der Waals surface area contributed by atoms with E-state index in [1.807, 2.05) is 23.2 Å². The Morgan fingerprint density at radius 1 is 0.862 bits per heavy atom. The third kappa shape index (κ3) is 13.6. The fourth-order valence-corrected chi connectivity index (χ4v) is 10.7. The van der Waals surface area contributed by atoms with Gasteiger partial charge >= 0.3 is 0 Å². The average molecular weight is 849 g/mol. The van der Waals surface area contributed by atoms with Gasteiger partial charge in [-0.2, -0.15) is 0 Å². The van der Waals surface area contributed by atoms with Crippen molar-refractivity contribution in [2.24, 2.45) is 0 Å². The minimum atomic E-state index is -0.157. The minimum Gasteiger partial charge on any atom is -0.313 e. The van der Waals surface area contributed by atoms with E-state index in [1.54, 1.807) is 63.3 Å². The Morgan fingerprint density at radius 2 is 1.55 bits per heavy atom. The third-order valence-corrected chi connectivity index (χ3v) is 14.9. The van der Waals surface area contributed by atoms with Gasteiger partial charge in [0.15, 0.2) is 0 Å². The van der Waals surface area contributed by atoms with Crippen LogP contribution in [-0.4, -0.2) is 22.3 Å². The number of hydrogen-bond acceptors (Lipinski definition) is 5. The number of allylic oxidation sites excluding steroid dienone is 4. The molecule has 316 valence electrons. The number of unbranched alkanes of at least 4 members (excludes halogenated alkanes) is 10. The molecule has 0 spiro atoms. The number of hydrogen-bond donors (Lipinski definition) is 0. The van der Waals surface area contributed by atoms with Crippen molar-refractivity contribution in [2.45, 2.75) is 155 Å². The number of thioether (sulfide) groups is 1. The maximum absolute atomic E-state index is 14.5. The number of nitrogens with zero attached hydrogens (tertiary/aromatic N) is 2. The maximum Gasteiger partial charge on any atom is 0.259 e. The standard InChI is InChI=1S/C49H66F2N2O2S3/c1-8-11-13-15-17-19-30-52-35-40(24-29-46(52)54)53(31-20-18-16-14-12-9-2)48(55)36(4)44-32-37(21-10-3)47(58-44)43-26-25-41(56-43)38(33-50)22-23-39(34-51)42-27-28-45(57-42)49(5,6)7/h22-24,26-29,32-35,41H,4,8-21,25,30-31H2,1-3,5-7H3/b23-22-,38-33-,39-34-. The average Bonchev–Trinajstić information content (AvgIpc) is 3.99. The number of thiophene rings is 2. The molecule has 1 aliphatic rings. The Kier molecular flexibility index (Phi) is 19.7. The van der Waals surface area contributed by atoms with E-state index in [9.17, 15) is 18.4 Å². The van der Waals surface area contributed by atoms with Crippen molar-refractivity contribution in [2.75, 3.05) is 11.4 Å². The first-order valence-corrected chi connectivity index (χ1v) is 24.1. The number of aryl methyl sites for hydroxylation is 2. The van der Waals surface area contributed by atoms with Crippen molar-refractivity contribution < 1.29 is 13.6 Å². The van der Waals surface area contributed by atoms with E-state index in [4.69, 9.17) is 0 Å². The van der Waals surface area contributed by atoms with Crippen LogP contribution in [0.3, 0.4) is 0 Å².